The number of aromatic nitrogens is 2. The van der Waals surface area contributed by atoms with E-state index in [-0.39, 0.29) is 0 Å². The first-order valence-electron chi connectivity index (χ1n) is 7.60. The molecule has 0 N–H and O–H groups in total. The Kier molecular flexibility index (Phi) is 4.16. The maximum atomic E-state index is 13.1. The van der Waals surface area contributed by atoms with Crippen LogP contribution in [0.15, 0.2) is 48.5 Å². The second-order valence-electron chi connectivity index (χ2n) is 5.79. The summed E-state index contributed by atoms with van der Waals surface area (Å²) in [6.07, 6.45) is 0. The predicted molar refractivity (Wildman–Crippen MR) is 96.7 cm³/mol. The molecule has 0 atom stereocenters. The monoisotopic (exact) mass is 340 g/mol. The van der Waals surface area contributed by atoms with Gasteiger partial charge in [0.25, 0.3) is 11.4 Å². The number of rotatable bonds is 2. The highest BCUT2D eigenvalue weighted by Gasteiger charge is 2.26. The summed E-state index contributed by atoms with van der Waals surface area (Å²) in [7, 11) is 0. The van der Waals surface area contributed by atoms with E-state index in [9.17, 15) is 10.1 Å². The minimum absolute atomic E-state index is 0.342. The molecule has 0 saturated carbocycles. The van der Waals surface area contributed by atoms with Gasteiger partial charge in [0.1, 0.15) is 0 Å². The molecule has 0 unspecified atom stereocenters. The zero-order valence-electron chi connectivity index (χ0n) is 13.7. The van der Waals surface area contributed by atoms with Crippen LogP contribution in [0.5, 0.6) is 0 Å². The summed E-state index contributed by atoms with van der Waals surface area (Å²) >= 11 is 6.08. The lowest BCUT2D eigenvalue weighted by atomic mass is 10.0. The van der Waals surface area contributed by atoms with Crippen LogP contribution in [0.25, 0.3) is 22.5 Å². The molecule has 5 heteroatoms. The number of hydrogen-bond acceptors (Lipinski definition) is 2. The van der Waals surface area contributed by atoms with Crippen LogP contribution < -0.4 is 4.43 Å². The minimum Gasteiger partial charge on any atom is -0.805 e. The van der Waals surface area contributed by atoms with E-state index in [0.717, 1.165) is 14.7 Å². The molecule has 122 valence electrons. The zero-order chi connectivity index (χ0) is 17.4. The molecular formula is C19H17ClN2O2. The predicted octanol–water partition coefficient (Wildman–Crippen LogP) is 4.66. The van der Waals surface area contributed by atoms with Crippen LogP contribution in [0.4, 0.5) is 0 Å². The van der Waals surface area contributed by atoms with Gasteiger partial charge in [0, 0.05) is 9.93 Å². The molecule has 0 aliphatic rings. The van der Waals surface area contributed by atoms with Crippen molar-refractivity contribution in [3.8, 4) is 22.5 Å². The van der Waals surface area contributed by atoms with Crippen LogP contribution in [0.3, 0.4) is 0 Å². The van der Waals surface area contributed by atoms with Crippen LogP contribution >= 0.6 is 11.6 Å². The quantitative estimate of drug-likeness (QED) is 0.637. The maximum absolute atomic E-state index is 13.1. The van der Waals surface area contributed by atoms with Crippen LogP contribution in [0, 0.1) is 30.9 Å². The fourth-order valence-corrected chi connectivity index (χ4v) is 3.01. The van der Waals surface area contributed by atoms with Gasteiger partial charge in [-0.3, -0.25) is 0 Å². The van der Waals surface area contributed by atoms with E-state index in [1.807, 2.05) is 43.3 Å². The lowest BCUT2D eigenvalue weighted by molar-refractivity contribution is -0.471. The van der Waals surface area contributed by atoms with Gasteiger partial charge in [-0.15, -0.1) is 0 Å². The third-order valence-electron chi connectivity index (χ3n) is 4.18. The van der Waals surface area contributed by atoms with Crippen LogP contribution in [0.2, 0.25) is 5.02 Å². The van der Waals surface area contributed by atoms with Gasteiger partial charge in [-0.05, 0) is 56.7 Å². The first-order chi connectivity index (χ1) is 11.4. The summed E-state index contributed by atoms with van der Waals surface area (Å²) in [4.78, 5) is 13.1. The van der Waals surface area contributed by atoms with E-state index in [0.29, 0.717) is 38.9 Å². The number of benzene rings is 2. The van der Waals surface area contributed by atoms with Crippen molar-refractivity contribution in [3.05, 3.63) is 80.6 Å². The molecule has 0 radical (unpaired) electrons. The Morgan fingerprint density at radius 1 is 0.917 bits per heavy atom. The summed E-state index contributed by atoms with van der Waals surface area (Å²) in [5, 5.41) is 13.2. The van der Waals surface area contributed by atoms with E-state index in [4.69, 9.17) is 11.6 Å². The topological polar surface area (TPSA) is 51.0 Å². The Hall–Kier alpha value is -2.59. The van der Waals surface area contributed by atoms with Crippen molar-refractivity contribution < 1.29 is 4.43 Å². The van der Waals surface area contributed by atoms with Crippen molar-refractivity contribution in [2.75, 3.05) is 0 Å². The Balaban J connectivity index is 2.37. The fourth-order valence-electron chi connectivity index (χ4n) is 2.89. The van der Waals surface area contributed by atoms with Crippen LogP contribution in [-0.2, 0) is 0 Å². The molecule has 3 rings (SSSR count). The second kappa shape index (κ2) is 6.13. The number of hydrogen-bond donors (Lipinski definition) is 0. The van der Waals surface area contributed by atoms with Crippen molar-refractivity contribution in [1.29, 1.82) is 0 Å². The van der Waals surface area contributed by atoms with E-state index in [1.54, 1.807) is 26.0 Å². The van der Waals surface area contributed by atoms with Gasteiger partial charge in [0.15, 0.2) is 0 Å². The highest BCUT2D eigenvalue weighted by molar-refractivity contribution is 6.31. The summed E-state index contributed by atoms with van der Waals surface area (Å²) in [6.45, 7) is 5.18. The van der Waals surface area contributed by atoms with Gasteiger partial charge in [-0.25, -0.2) is 0 Å². The molecule has 0 spiro atoms. The number of nitrogens with zero attached hydrogens (tertiary/aromatic N) is 2. The van der Waals surface area contributed by atoms with Crippen molar-refractivity contribution in [1.82, 2.24) is 4.73 Å². The molecule has 3 aromatic rings. The highest BCUT2D eigenvalue weighted by atomic mass is 35.5. The van der Waals surface area contributed by atoms with Gasteiger partial charge >= 0.3 is 0 Å². The van der Waals surface area contributed by atoms with Gasteiger partial charge in [-0.1, -0.05) is 29.8 Å². The number of aryl methyl sites for hydroxylation is 1. The smallest absolute Gasteiger partial charge is 0.289 e. The Bertz CT molecular complexity index is 979. The van der Waals surface area contributed by atoms with E-state index in [2.05, 4.69) is 0 Å². The third kappa shape index (κ3) is 2.59. The average molecular weight is 341 g/mol. The van der Waals surface area contributed by atoms with Crippen molar-refractivity contribution in [2.45, 2.75) is 20.8 Å². The Morgan fingerprint density at radius 2 is 1.50 bits per heavy atom. The maximum Gasteiger partial charge on any atom is 0.289 e. The first kappa shape index (κ1) is 16.3. The molecule has 1 aromatic heterocycles. The summed E-state index contributed by atoms with van der Waals surface area (Å²) in [5.74, 6) is 0. The summed E-state index contributed by atoms with van der Waals surface area (Å²) in [6, 6.07) is 14.5. The van der Waals surface area contributed by atoms with Crippen molar-refractivity contribution in [3.63, 3.8) is 0 Å². The first-order valence-corrected chi connectivity index (χ1v) is 7.98. The molecule has 0 aliphatic carbocycles. The Morgan fingerprint density at radius 3 is 2.08 bits per heavy atom. The molecule has 0 amide bonds. The lowest BCUT2D eigenvalue weighted by Gasteiger charge is -2.19. The normalized spacial score (nSPS) is 10.8. The summed E-state index contributed by atoms with van der Waals surface area (Å²) in [5.41, 5.74) is 3.68. The van der Waals surface area contributed by atoms with Gasteiger partial charge in [0.2, 0.25) is 0 Å². The molecule has 0 aliphatic heterocycles. The highest BCUT2D eigenvalue weighted by Crippen LogP contribution is 2.28. The van der Waals surface area contributed by atoms with Crippen LogP contribution in [0.1, 0.15) is 17.0 Å². The molecule has 24 heavy (non-hydrogen) atoms. The van der Waals surface area contributed by atoms with E-state index < -0.39 is 0 Å². The fraction of sp³-hybridized carbons (Fsp3) is 0.158. The molecule has 2 aromatic carbocycles. The molecule has 4 nitrogen and oxygen atoms in total. The van der Waals surface area contributed by atoms with E-state index >= 15 is 0 Å². The largest absolute Gasteiger partial charge is 0.805 e. The second-order valence-corrected chi connectivity index (χ2v) is 6.19. The zero-order valence-corrected chi connectivity index (χ0v) is 14.5. The lowest BCUT2D eigenvalue weighted by Crippen LogP contribution is -2.27. The molecule has 0 saturated heterocycles. The SMILES string of the molecule is Cc1cc(-c2c(C)n([O-])c(C)c(-c3ccccc3)[n+]2=O)ccc1Cl. The van der Waals surface area contributed by atoms with E-state index in [1.165, 1.54) is 0 Å². The van der Waals surface area contributed by atoms with Gasteiger partial charge in [0.05, 0.1) is 26.9 Å². The minimum atomic E-state index is 0.342. The summed E-state index contributed by atoms with van der Waals surface area (Å²) < 4.78 is 1.66. The molecule has 0 fully saturated rings. The molecule has 1 heterocycles. The Labute approximate surface area is 145 Å². The van der Waals surface area contributed by atoms with Crippen molar-refractivity contribution >= 4 is 11.6 Å². The van der Waals surface area contributed by atoms with Gasteiger partial charge < -0.3 is 9.94 Å². The molecule has 0 bridgehead atoms. The number of halogens is 1. The molecular weight excluding hydrogens is 324 g/mol. The van der Waals surface area contributed by atoms with Gasteiger partial charge in [-0.2, -0.15) is 0 Å². The third-order valence-corrected chi connectivity index (χ3v) is 4.60. The van der Waals surface area contributed by atoms with Crippen LogP contribution in [-0.4, -0.2) is 4.73 Å². The van der Waals surface area contributed by atoms with Crippen molar-refractivity contribution in [2.24, 2.45) is 0 Å². The average Bonchev–Trinajstić information content (AvgIpc) is 2.57. The standard InChI is InChI=1S/C19H17ClN2O2/c1-12-11-16(9-10-17(12)20)19-14(3)21(23)13(2)18(22(19)24)15-7-5-4-6-8-15/h4-11H,1-3H3.